The van der Waals surface area contributed by atoms with Gasteiger partial charge in [0.05, 0.1) is 0 Å². The van der Waals surface area contributed by atoms with E-state index in [1.807, 2.05) is 0 Å². The van der Waals surface area contributed by atoms with Gasteiger partial charge in [-0.15, -0.1) is 0 Å². The van der Waals surface area contributed by atoms with Gasteiger partial charge in [0.1, 0.15) is 17.2 Å². The van der Waals surface area contributed by atoms with Crippen molar-refractivity contribution in [3.05, 3.63) is 69.6 Å². The number of aromatic nitrogens is 1. The predicted octanol–water partition coefficient (Wildman–Crippen LogP) is 2.72. The molecule has 5 heteroatoms. The molecule has 0 N–H and O–H groups in total. The molecule has 0 saturated carbocycles. The second kappa shape index (κ2) is 5.07. The molecule has 1 unspecified atom stereocenters. The van der Waals surface area contributed by atoms with Crippen LogP contribution in [-0.2, 0) is 17.4 Å². The number of nitrogens with zero attached hydrogens (tertiary/aromatic N) is 1. The Morgan fingerprint density at radius 3 is 2.57 bits per heavy atom. The number of hydrogen-bond acceptors (Lipinski definition) is 2. The van der Waals surface area contributed by atoms with Crippen molar-refractivity contribution in [1.29, 1.82) is 0 Å². The lowest BCUT2D eigenvalue weighted by Crippen LogP contribution is -2.31. The number of rotatable bonds is 2. The Morgan fingerprint density at radius 1 is 1.24 bits per heavy atom. The van der Waals surface area contributed by atoms with Gasteiger partial charge in [-0.3, -0.25) is 4.79 Å². The maximum Gasteiger partial charge on any atom is 0.250 e. The van der Waals surface area contributed by atoms with Crippen LogP contribution in [0.1, 0.15) is 24.0 Å². The second-order valence-electron chi connectivity index (χ2n) is 5.27. The monoisotopic (exact) mass is 291 g/mol. The van der Waals surface area contributed by atoms with E-state index in [2.05, 4.69) is 0 Å². The van der Waals surface area contributed by atoms with Crippen LogP contribution in [0.2, 0.25) is 0 Å². The fraction of sp³-hybridized carbons (Fsp3) is 0.312. The molecule has 1 aliphatic rings. The summed E-state index contributed by atoms with van der Waals surface area (Å²) in [5.74, 6) is -0.861. The fourth-order valence-corrected chi connectivity index (χ4v) is 2.86. The maximum atomic E-state index is 14.4. The van der Waals surface area contributed by atoms with Crippen molar-refractivity contribution >= 4 is 0 Å². The average Bonchev–Trinajstić information content (AvgIpc) is 2.94. The highest BCUT2D eigenvalue weighted by atomic mass is 19.1. The van der Waals surface area contributed by atoms with Crippen LogP contribution in [0.25, 0.3) is 0 Å². The number of pyridine rings is 1. The molecule has 1 aromatic carbocycles. The van der Waals surface area contributed by atoms with E-state index in [0.717, 1.165) is 12.6 Å². The van der Waals surface area contributed by atoms with Gasteiger partial charge in [0.2, 0.25) is 0 Å². The van der Waals surface area contributed by atoms with Gasteiger partial charge in [-0.25, -0.2) is 8.78 Å². The van der Waals surface area contributed by atoms with Gasteiger partial charge >= 0.3 is 0 Å². The van der Waals surface area contributed by atoms with Crippen molar-refractivity contribution in [1.82, 2.24) is 4.57 Å². The van der Waals surface area contributed by atoms with Gasteiger partial charge in [0.15, 0.2) is 0 Å². The third-order valence-corrected chi connectivity index (χ3v) is 3.95. The molecule has 0 bridgehead atoms. The van der Waals surface area contributed by atoms with Gasteiger partial charge in [-0.1, -0.05) is 12.1 Å². The molecule has 2 heterocycles. The first-order valence-electron chi connectivity index (χ1n) is 6.79. The van der Waals surface area contributed by atoms with Crippen LogP contribution in [0.3, 0.4) is 0 Å². The summed E-state index contributed by atoms with van der Waals surface area (Å²) in [6.45, 7) is 0.478. The minimum absolute atomic E-state index is 0.217. The largest absolute Gasteiger partial charge is 0.365 e. The summed E-state index contributed by atoms with van der Waals surface area (Å²) < 4.78 is 34.5. The molecule has 1 aromatic heterocycles. The predicted molar refractivity (Wildman–Crippen MR) is 74.0 cm³/mol. The normalized spacial score (nSPS) is 21.7. The highest BCUT2D eigenvalue weighted by Crippen LogP contribution is 2.42. The van der Waals surface area contributed by atoms with Crippen molar-refractivity contribution in [2.75, 3.05) is 6.61 Å². The second-order valence-corrected chi connectivity index (χ2v) is 5.27. The molecule has 1 fully saturated rings. The van der Waals surface area contributed by atoms with Crippen LogP contribution in [-0.4, -0.2) is 11.2 Å². The van der Waals surface area contributed by atoms with E-state index < -0.39 is 11.4 Å². The van der Waals surface area contributed by atoms with Crippen molar-refractivity contribution in [3.63, 3.8) is 0 Å². The van der Waals surface area contributed by atoms with Crippen molar-refractivity contribution in [2.24, 2.45) is 7.05 Å². The van der Waals surface area contributed by atoms with E-state index in [0.29, 0.717) is 18.6 Å². The average molecular weight is 291 g/mol. The Labute approximate surface area is 120 Å². The van der Waals surface area contributed by atoms with E-state index in [-0.39, 0.29) is 16.9 Å². The molecule has 0 aliphatic carbocycles. The van der Waals surface area contributed by atoms with E-state index in [1.165, 1.54) is 29.8 Å². The quantitative estimate of drug-likeness (QED) is 0.852. The van der Waals surface area contributed by atoms with Gasteiger partial charge in [-0.2, -0.15) is 0 Å². The van der Waals surface area contributed by atoms with E-state index in [4.69, 9.17) is 4.74 Å². The Balaban J connectivity index is 2.20. The lowest BCUT2D eigenvalue weighted by atomic mass is 9.84. The third kappa shape index (κ3) is 2.27. The third-order valence-electron chi connectivity index (χ3n) is 3.95. The Hall–Kier alpha value is -2.01. The summed E-state index contributed by atoms with van der Waals surface area (Å²) in [5.41, 5.74) is -0.433. The summed E-state index contributed by atoms with van der Waals surface area (Å²) in [7, 11) is 1.50. The van der Waals surface area contributed by atoms with Crippen LogP contribution in [0.5, 0.6) is 0 Å². The Bertz CT molecular complexity index is 716. The minimum Gasteiger partial charge on any atom is -0.365 e. The lowest BCUT2D eigenvalue weighted by Gasteiger charge is -2.30. The molecule has 0 amide bonds. The zero-order chi connectivity index (χ0) is 15.0. The molecule has 2 aromatic rings. The molecular formula is C16H15F2NO2. The fourth-order valence-electron chi connectivity index (χ4n) is 2.86. The lowest BCUT2D eigenvalue weighted by molar-refractivity contribution is 0.0327. The SMILES string of the molecule is Cn1cc(F)c(C2(c3ccc(F)cc3)CCCO2)cc1=O. The number of benzene rings is 1. The first-order chi connectivity index (χ1) is 10.0. The zero-order valence-corrected chi connectivity index (χ0v) is 11.6. The zero-order valence-electron chi connectivity index (χ0n) is 11.6. The molecule has 0 spiro atoms. The molecule has 1 atom stereocenters. The van der Waals surface area contributed by atoms with Crippen LogP contribution in [0.4, 0.5) is 8.78 Å². The highest BCUT2D eigenvalue weighted by Gasteiger charge is 2.41. The molecule has 1 saturated heterocycles. The molecule has 3 rings (SSSR count). The molecule has 1 aliphatic heterocycles. The van der Waals surface area contributed by atoms with Gasteiger partial charge in [-0.05, 0) is 30.5 Å². The van der Waals surface area contributed by atoms with Crippen LogP contribution in [0, 0.1) is 11.6 Å². The van der Waals surface area contributed by atoms with Gasteiger partial charge in [0.25, 0.3) is 5.56 Å². The van der Waals surface area contributed by atoms with E-state index in [1.54, 1.807) is 12.1 Å². The maximum absolute atomic E-state index is 14.4. The highest BCUT2D eigenvalue weighted by molar-refractivity contribution is 5.37. The topological polar surface area (TPSA) is 31.2 Å². The standard InChI is InChI=1S/C16H15F2NO2/c1-19-10-14(18)13(9-15(19)20)16(7-2-8-21-16)11-3-5-12(17)6-4-11/h3-6,9-10H,2,7-8H2,1H3. The molecule has 0 radical (unpaired) electrons. The van der Waals surface area contributed by atoms with Gasteiger partial charge < -0.3 is 9.30 Å². The van der Waals surface area contributed by atoms with Crippen LogP contribution < -0.4 is 5.56 Å². The first kappa shape index (κ1) is 13.9. The van der Waals surface area contributed by atoms with Crippen LogP contribution >= 0.6 is 0 Å². The Kier molecular flexibility index (Phi) is 3.37. The first-order valence-corrected chi connectivity index (χ1v) is 6.79. The summed E-state index contributed by atoms with van der Waals surface area (Å²) in [4.78, 5) is 11.9. The summed E-state index contributed by atoms with van der Waals surface area (Å²) in [5, 5.41) is 0. The van der Waals surface area contributed by atoms with Crippen molar-refractivity contribution in [3.8, 4) is 0 Å². The minimum atomic E-state index is -1.01. The number of halogens is 2. The Morgan fingerprint density at radius 2 is 1.95 bits per heavy atom. The molecule has 21 heavy (non-hydrogen) atoms. The van der Waals surface area contributed by atoms with E-state index in [9.17, 15) is 13.6 Å². The van der Waals surface area contributed by atoms with Crippen molar-refractivity contribution < 1.29 is 13.5 Å². The van der Waals surface area contributed by atoms with E-state index >= 15 is 0 Å². The summed E-state index contributed by atoms with van der Waals surface area (Å²) in [6.07, 6.45) is 2.47. The number of ether oxygens (including phenoxy) is 1. The van der Waals surface area contributed by atoms with Crippen molar-refractivity contribution in [2.45, 2.75) is 18.4 Å². The van der Waals surface area contributed by atoms with Crippen LogP contribution in [0.15, 0.2) is 41.3 Å². The number of hydrogen-bond donors (Lipinski definition) is 0. The molecular weight excluding hydrogens is 276 g/mol. The molecule has 3 nitrogen and oxygen atoms in total. The summed E-state index contributed by atoms with van der Waals surface area (Å²) >= 11 is 0. The molecule has 110 valence electrons. The smallest absolute Gasteiger partial charge is 0.250 e. The summed E-state index contributed by atoms with van der Waals surface area (Å²) in [6, 6.07) is 7.06. The number of aryl methyl sites for hydroxylation is 1. The van der Waals surface area contributed by atoms with Gasteiger partial charge in [0, 0.05) is 31.5 Å².